The predicted octanol–water partition coefficient (Wildman–Crippen LogP) is 4.34. The summed E-state index contributed by atoms with van der Waals surface area (Å²) in [4.78, 5) is 25.0. The van der Waals surface area contributed by atoms with Crippen LogP contribution in [0.2, 0.25) is 0 Å². The zero-order chi connectivity index (χ0) is 19.4. The number of carbonyl (C=O) groups excluding carboxylic acids is 2. The molecule has 0 fully saturated rings. The van der Waals surface area contributed by atoms with Gasteiger partial charge in [-0.05, 0) is 37.4 Å². The van der Waals surface area contributed by atoms with Gasteiger partial charge in [-0.3, -0.25) is 4.79 Å². The van der Waals surface area contributed by atoms with E-state index in [1.165, 1.54) is 7.11 Å². The summed E-state index contributed by atoms with van der Waals surface area (Å²) in [6.45, 7) is 3.41. The van der Waals surface area contributed by atoms with Gasteiger partial charge in [0.25, 0.3) is 5.91 Å². The van der Waals surface area contributed by atoms with Gasteiger partial charge in [0, 0.05) is 11.1 Å². The van der Waals surface area contributed by atoms with Crippen molar-refractivity contribution in [1.82, 2.24) is 0 Å². The first-order chi connectivity index (χ1) is 13.0. The molecule has 3 rings (SSSR count). The Hall–Kier alpha value is -3.34. The topological polar surface area (TPSA) is 64.6 Å². The number of anilines is 1. The molecule has 0 saturated heterocycles. The van der Waals surface area contributed by atoms with Crippen LogP contribution in [0, 0.1) is 6.92 Å². The Morgan fingerprint density at radius 3 is 2.52 bits per heavy atom. The highest BCUT2D eigenvalue weighted by Crippen LogP contribution is 2.24. The zero-order valence-corrected chi connectivity index (χ0v) is 15.5. The average Bonchev–Trinajstić information content (AvgIpc) is 2.68. The van der Waals surface area contributed by atoms with Crippen LogP contribution in [0.5, 0.6) is 5.75 Å². The van der Waals surface area contributed by atoms with Crippen molar-refractivity contribution in [2.24, 2.45) is 0 Å². The summed E-state index contributed by atoms with van der Waals surface area (Å²) >= 11 is 0. The lowest BCUT2D eigenvalue weighted by Gasteiger charge is -2.16. The Morgan fingerprint density at radius 1 is 1.00 bits per heavy atom. The van der Waals surface area contributed by atoms with Crippen LogP contribution < -0.4 is 10.1 Å². The largest absolute Gasteiger partial charge is 0.496 e. The number of ether oxygens (including phenoxy) is 2. The molecule has 3 aromatic carbocycles. The minimum Gasteiger partial charge on any atom is -0.496 e. The number of benzene rings is 3. The molecule has 5 heteroatoms. The Balaban J connectivity index is 1.74. The second-order valence-corrected chi connectivity index (χ2v) is 6.27. The van der Waals surface area contributed by atoms with Gasteiger partial charge < -0.3 is 14.8 Å². The highest BCUT2D eigenvalue weighted by molar-refractivity contribution is 6.04. The summed E-state index contributed by atoms with van der Waals surface area (Å²) in [6, 6.07) is 18.6. The van der Waals surface area contributed by atoms with Crippen LogP contribution in [0.1, 0.15) is 22.8 Å². The number of carbonyl (C=O) groups is 2. The number of aryl methyl sites for hydroxylation is 1. The lowest BCUT2D eigenvalue weighted by Crippen LogP contribution is -2.30. The molecule has 0 aliphatic rings. The van der Waals surface area contributed by atoms with E-state index in [4.69, 9.17) is 9.47 Å². The molecule has 0 radical (unpaired) electrons. The van der Waals surface area contributed by atoms with Crippen molar-refractivity contribution >= 4 is 28.3 Å². The predicted molar refractivity (Wildman–Crippen MR) is 105 cm³/mol. The number of fused-ring (bicyclic) bond motifs is 1. The van der Waals surface area contributed by atoms with E-state index >= 15 is 0 Å². The van der Waals surface area contributed by atoms with E-state index in [-0.39, 0.29) is 0 Å². The van der Waals surface area contributed by atoms with E-state index in [0.717, 1.165) is 16.3 Å². The molecule has 0 unspecified atom stereocenters. The molecule has 0 heterocycles. The summed E-state index contributed by atoms with van der Waals surface area (Å²) in [5, 5.41) is 4.78. The normalized spacial score (nSPS) is 11.7. The maximum Gasteiger partial charge on any atom is 0.342 e. The first kappa shape index (κ1) is 18.5. The monoisotopic (exact) mass is 363 g/mol. The van der Waals surface area contributed by atoms with Crippen molar-refractivity contribution in [3.05, 3.63) is 71.8 Å². The lowest BCUT2D eigenvalue weighted by atomic mass is 10.1. The number of methoxy groups -OCH3 is 1. The van der Waals surface area contributed by atoms with Crippen LogP contribution in [0.25, 0.3) is 10.8 Å². The summed E-state index contributed by atoms with van der Waals surface area (Å²) in [7, 11) is 1.48. The standard InChI is InChI=1S/C22H21NO4/c1-14-11-12-20(26-3)18(13-14)22(25)27-15(2)21(24)23-19-10-6-8-16-7-4-5-9-17(16)19/h4-13,15H,1-3H3,(H,23,24)/t15-/m1/s1. The minimum absolute atomic E-state index is 0.294. The van der Waals surface area contributed by atoms with Crippen molar-refractivity contribution in [2.45, 2.75) is 20.0 Å². The first-order valence-corrected chi connectivity index (χ1v) is 8.64. The SMILES string of the molecule is COc1ccc(C)cc1C(=O)O[C@H](C)C(=O)Nc1cccc2ccccc12. The van der Waals surface area contributed by atoms with Gasteiger partial charge in [0.15, 0.2) is 6.10 Å². The quantitative estimate of drug-likeness (QED) is 0.685. The third kappa shape index (κ3) is 4.08. The maximum atomic E-state index is 12.5. The Bertz CT molecular complexity index is 991. The smallest absolute Gasteiger partial charge is 0.342 e. The number of nitrogens with one attached hydrogen (secondary N) is 1. The third-order valence-electron chi connectivity index (χ3n) is 4.28. The van der Waals surface area contributed by atoms with E-state index in [1.54, 1.807) is 19.1 Å². The van der Waals surface area contributed by atoms with E-state index in [1.807, 2.05) is 55.5 Å². The summed E-state index contributed by atoms with van der Waals surface area (Å²) in [5.74, 6) is -0.588. The highest BCUT2D eigenvalue weighted by atomic mass is 16.5. The summed E-state index contributed by atoms with van der Waals surface area (Å²) in [5.41, 5.74) is 1.87. The minimum atomic E-state index is -0.957. The second-order valence-electron chi connectivity index (χ2n) is 6.27. The van der Waals surface area contributed by atoms with Crippen molar-refractivity contribution < 1.29 is 19.1 Å². The summed E-state index contributed by atoms with van der Waals surface area (Å²) < 4.78 is 10.6. The Kier molecular flexibility index (Phi) is 5.41. The number of esters is 1. The fourth-order valence-corrected chi connectivity index (χ4v) is 2.83. The van der Waals surface area contributed by atoms with Crippen LogP contribution in [0.15, 0.2) is 60.7 Å². The van der Waals surface area contributed by atoms with Gasteiger partial charge in [-0.1, -0.05) is 48.0 Å². The molecule has 1 amide bonds. The number of hydrogen-bond donors (Lipinski definition) is 1. The van der Waals surface area contributed by atoms with Crippen LogP contribution in [0.4, 0.5) is 5.69 Å². The molecular weight excluding hydrogens is 342 g/mol. The fourth-order valence-electron chi connectivity index (χ4n) is 2.83. The highest BCUT2D eigenvalue weighted by Gasteiger charge is 2.22. The van der Waals surface area contributed by atoms with E-state index in [0.29, 0.717) is 17.0 Å². The van der Waals surface area contributed by atoms with Crippen molar-refractivity contribution in [1.29, 1.82) is 0 Å². The van der Waals surface area contributed by atoms with Gasteiger partial charge in [-0.15, -0.1) is 0 Å². The van der Waals surface area contributed by atoms with Gasteiger partial charge >= 0.3 is 5.97 Å². The van der Waals surface area contributed by atoms with Gasteiger partial charge in [0.1, 0.15) is 11.3 Å². The molecule has 5 nitrogen and oxygen atoms in total. The molecule has 0 aromatic heterocycles. The number of hydrogen-bond acceptors (Lipinski definition) is 4. The van der Waals surface area contributed by atoms with Crippen LogP contribution >= 0.6 is 0 Å². The fraction of sp³-hybridized carbons (Fsp3) is 0.182. The van der Waals surface area contributed by atoms with Gasteiger partial charge in [-0.2, -0.15) is 0 Å². The first-order valence-electron chi connectivity index (χ1n) is 8.64. The van der Waals surface area contributed by atoms with Crippen LogP contribution in [-0.4, -0.2) is 25.1 Å². The molecule has 3 aromatic rings. The van der Waals surface area contributed by atoms with E-state index in [2.05, 4.69) is 5.32 Å². The van der Waals surface area contributed by atoms with Crippen molar-refractivity contribution in [3.8, 4) is 5.75 Å². The molecule has 0 spiro atoms. The molecule has 138 valence electrons. The molecule has 1 atom stereocenters. The second kappa shape index (κ2) is 7.91. The lowest BCUT2D eigenvalue weighted by molar-refractivity contribution is -0.123. The van der Waals surface area contributed by atoms with Crippen molar-refractivity contribution in [3.63, 3.8) is 0 Å². The molecule has 0 bridgehead atoms. The van der Waals surface area contributed by atoms with E-state index in [9.17, 15) is 9.59 Å². The Morgan fingerprint density at radius 2 is 1.74 bits per heavy atom. The molecular formula is C22H21NO4. The average molecular weight is 363 g/mol. The Labute approximate surface area is 157 Å². The maximum absolute atomic E-state index is 12.5. The molecule has 0 aliphatic heterocycles. The number of amides is 1. The van der Waals surface area contributed by atoms with Crippen LogP contribution in [-0.2, 0) is 9.53 Å². The zero-order valence-electron chi connectivity index (χ0n) is 15.5. The van der Waals surface area contributed by atoms with Gasteiger partial charge in [0.05, 0.1) is 7.11 Å². The van der Waals surface area contributed by atoms with Gasteiger partial charge in [0.2, 0.25) is 0 Å². The van der Waals surface area contributed by atoms with Gasteiger partial charge in [-0.25, -0.2) is 4.79 Å². The molecule has 0 aliphatic carbocycles. The number of rotatable bonds is 5. The van der Waals surface area contributed by atoms with Crippen LogP contribution in [0.3, 0.4) is 0 Å². The third-order valence-corrected chi connectivity index (χ3v) is 4.28. The molecule has 27 heavy (non-hydrogen) atoms. The summed E-state index contributed by atoms with van der Waals surface area (Å²) in [6.07, 6.45) is -0.957. The van der Waals surface area contributed by atoms with E-state index < -0.39 is 18.0 Å². The van der Waals surface area contributed by atoms with Crippen molar-refractivity contribution in [2.75, 3.05) is 12.4 Å². The molecule has 1 N–H and O–H groups in total. The molecule has 0 saturated carbocycles.